The van der Waals surface area contributed by atoms with Gasteiger partial charge in [0.2, 0.25) is 0 Å². The van der Waals surface area contributed by atoms with Gasteiger partial charge in [-0.2, -0.15) is 0 Å². The zero-order valence-electron chi connectivity index (χ0n) is 12.2. The van der Waals surface area contributed by atoms with Crippen molar-refractivity contribution in [3.63, 3.8) is 0 Å². The Hall–Kier alpha value is -1.69. The topological polar surface area (TPSA) is 55.6 Å². The lowest BCUT2D eigenvalue weighted by Crippen LogP contribution is -2.42. The monoisotopic (exact) mass is 298 g/mol. The van der Waals surface area contributed by atoms with Crippen LogP contribution in [0.25, 0.3) is 0 Å². The van der Waals surface area contributed by atoms with Crippen LogP contribution in [0.15, 0.2) is 12.1 Å². The Labute approximate surface area is 122 Å². The van der Waals surface area contributed by atoms with Gasteiger partial charge in [-0.25, -0.2) is 13.6 Å². The molecule has 4 nitrogen and oxygen atoms in total. The largest absolute Gasteiger partial charge is 0.465 e. The minimum atomic E-state index is -1.16. The van der Waals surface area contributed by atoms with Crippen LogP contribution in [0, 0.1) is 17.6 Å². The molecule has 0 aromatic heterocycles. The third-order valence-electron chi connectivity index (χ3n) is 4.01. The second-order valence-corrected chi connectivity index (χ2v) is 5.46. The average Bonchev–Trinajstić information content (AvgIpc) is 2.49. The Balaban J connectivity index is 2.28. The number of hydrogen-bond donors (Lipinski definition) is 1. The van der Waals surface area contributed by atoms with Crippen molar-refractivity contribution >= 4 is 11.7 Å². The van der Waals surface area contributed by atoms with E-state index in [9.17, 15) is 13.6 Å². The molecule has 1 aliphatic heterocycles. The zero-order chi connectivity index (χ0) is 15.6. The number of nitrogens with two attached hydrogens (primary N) is 1. The normalized spacial score (nSPS) is 20.2. The number of ether oxygens (including phenoxy) is 1. The fraction of sp³-hybridized carbons (Fsp3) is 0.533. The van der Waals surface area contributed by atoms with E-state index in [2.05, 4.69) is 4.74 Å². The van der Waals surface area contributed by atoms with Gasteiger partial charge in [-0.3, -0.25) is 0 Å². The minimum absolute atomic E-state index is 0.00931. The highest BCUT2D eigenvalue weighted by atomic mass is 19.2. The van der Waals surface area contributed by atoms with E-state index in [-0.39, 0.29) is 23.2 Å². The maximum Gasteiger partial charge on any atom is 0.340 e. The molecule has 0 saturated carbocycles. The number of esters is 1. The Morgan fingerprint density at radius 1 is 1.43 bits per heavy atom. The first-order chi connectivity index (χ1) is 9.95. The van der Waals surface area contributed by atoms with Crippen molar-refractivity contribution in [3.05, 3.63) is 29.3 Å². The minimum Gasteiger partial charge on any atom is -0.465 e. The molecule has 0 amide bonds. The van der Waals surface area contributed by atoms with E-state index in [4.69, 9.17) is 5.73 Å². The fourth-order valence-corrected chi connectivity index (χ4v) is 2.71. The predicted molar refractivity (Wildman–Crippen MR) is 76.3 cm³/mol. The van der Waals surface area contributed by atoms with Crippen molar-refractivity contribution in [1.82, 2.24) is 0 Å². The highest BCUT2D eigenvalue weighted by Crippen LogP contribution is 2.29. The summed E-state index contributed by atoms with van der Waals surface area (Å²) in [7, 11) is 1.13. The lowest BCUT2D eigenvalue weighted by molar-refractivity contribution is 0.0594. The summed E-state index contributed by atoms with van der Waals surface area (Å²) in [5.74, 6) is -2.81. The van der Waals surface area contributed by atoms with Crippen molar-refractivity contribution < 1.29 is 18.3 Å². The summed E-state index contributed by atoms with van der Waals surface area (Å²) in [5.41, 5.74) is 5.68. The molecule has 116 valence electrons. The van der Waals surface area contributed by atoms with Crippen molar-refractivity contribution in [2.75, 3.05) is 25.1 Å². The number of carbonyl (C=O) groups excluding carboxylic acids is 1. The van der Waals surface area contributed by atoms with E-state index in [0.29, 0.717) is 13.1 Å². The van der Waals surface area contributed by atoms with Crippen LogP contribution in [-0.4, -0.2) is 32.2 Å². The molecular weight excluding hydrogens is 278 g/mol. The number of rotatable bonds is 3. The van der Waals surface area contributed by atoms with Gasteiger partial charge in [0.15, 0.2) is 11.6 Å². The summed E-state index contributed by atoms with van der Waals surface area (Å²) >= 11 is 0. The number of halogens is 2. The van der Waals surface area contributed by atoms with Gasteiger partial charge in [-0.1, -0.05) is 0 Å². The molecule has 1 fully saturated rings. The van der Waals surface area contributed by atoms with E-state index >= 15 is 0 Å². The highest BCUT2D eigenvalue weighted by molar-refractivity contribution is 5.90. The van der Waals surface area contributed by atoms with Crippen LogP contribution in [0.2, 0.25) is 0 Å². The standard InChI is InChI=1S/C15H20F2N2O2/c1-9(18)10-4-3-7-19(8-10)12-6-5-11(15(20)21-2)13(16)14(12)17/h5-6,9-10H,3-4,7-8,18H2,1-2H3. The molecule has 0 radical (unpaired) electrons. The third kappa shape index (κ3) is 3.15. The molecule has 1 aromatic carbocycles. The Morgan fingerprint density at radius 2 is 2.14 bits per heavy atom. The van der Waals surface area contributed by atoms with Crippen LogP contribution >= 0.6 is 0 Å². The van der Waals surface area contributed by atoms with Gasteiger partial charge in [-0.15, -0.1) is 0 Å². The maximum absolute atomic E-state index is 14.2. The molecule has 1 aliphatic rings. The highest BCUT2D eigenvalue weighted by Gasteiger charge is 2.27. The van der Waals surface area contributed by atoms with Crippen LogP contribution in [0.3, 0.4) is 0 Å². The molecule has 6 heteroatoms. The van der Waals surface area contributed by atoms with Crippen molar-refractivity contribution in [2.24, 2.45) is 11.7 Å². The summed E-state index contributed by atoms with van der Waals surface area (Å²) in [6.45, 7) is 3.16. The zero-order valence-corrected chi connectivity index (χ0v) is 12.2. The summed E-state index contributed by atoms with van der Waals surface area (Å²) in [4.78, 5) is 13.1. The Bertz CT molecular complexity index is 535. The van der Waals surface area contributed by atoms with Gasteiger partial charge in [0, 0.05) is 19.1 Å². The Morgan fingerprint density at radius 3 is 2.76 bits per heavy atom. The third-order valence-corrected chi connectivity index (χ3v) is 4.01. The molecule has 21 heavy (non-hydrogen) atoms. The molecular formula is C15H20F2N2O2. The van der Waals surface area contributed by atoms with Gasteiger partial charge >= 0.3 is 5.97 Å². The quantitative estimate of drug-likeness (QED) is 0.870. The Kier molecular flexibility index (Phi) is 4.77. The van der Waals surface area contributed by atoms with E-state index in [1.807, 2.05) is 6.92 Å². The molecule has 2 atom stereocenters. The number of carbonyl (C=O) groups is 1. The van der Waals surface area contributed by atoms with Gasteiger partial charge < -0.3 is 15.4 Å². The van der Waals surface area contributed by atoms with Crippen molar-refractivity contribution in [3.8, 4) is 0 Å². The first-order valence-electron chi connectivity index (χ1n) is 7.02. The average molecular weight is 298 g/mol. The van der Waals surface area contributed by atoms with Gasteiger partial charge in [0.1, 0.15) is 0 Å². The first kappa shape index (κ1) is 15.7. The summed E-state index contributed by atoms with van der Waals surface area (Å²) in [6.07, 6.45) is 1.87. The fourth-order valence-electron chi connectivity index (χ4n) is 2.71. The smallest absolute Gasteiger partial charge is 0.340 e. The molecule has 1 saturated heterocycles. The van der Waals surface area contributed by atoms with Crippen molar-refractivity contribution in [1.29, 1.82) is 0 Å². The predicted octanol–water partition coefficient (Wildman–Crippen LogP) is 2.32. The molecule has 1 heterocycles. The molecule has 2 N–H and O–H groups in total. The maximum atomic E-state index is 14.2. The van der Waals surface area contributed by atoms with Crippen LogP contribution in [0.4, 0.5) is 14.5 Å². The lowest BCUT2D eigenvalue weighted by atomic mass is 9.92. The summed E-state index contributed by atoms with van der Waals surface area (Å²) < 4.78 is 32.6. The molecule has 0 aliphatic carbocycles. The second-order valence-electron chi connectivity index (χ2n) is 5.46. The van der Waals surface area contributed by atoms with Crippen LogP contribution in [-0.2, 0) is 4.74 Å². The van der Waals surface area contributed by atoms with Crippen LogP contribution in [0.1, 0.15) is 30.1 Å². The van der Waals surface area contributed by atoms with E-state index in [0.717, 1.165) is 20.0 Å². The number of anilines is 1. The molecule has 2 rings (SSSR count). The SMILES string of the molecule is COC(=O)c1ccc(N2CCCC(C(C)N)C2)c(F)c1F. The van der Waals surface area contributed by atoms with Crippen LogP contribution in [0.5, 0.6) is 0 Å². The van der Waals surface area contributed by atoms with Gasteiger partial charge in [0.25, 0.3) is 0 Å². The first-order valence-corrected chi connectivity index (χ1v) is 7.02. The number of piperidine rings is 1. The number of benzene rings is 1. The number of methoxy groups -OCH3 is 1. The van der Waals surface area contributed by atoms with Crippen LogP contribution < -0.4 is 10.6 Å². The number of nitrogens with zero attached hydrogens (tertiary/aromatic N) is 1. The lowest BCUT2D eigenvalue weighted by Gasteiger charge is -2.36. The van der Waals surface area contributed by atoms with Crippen molar-refractivity contribution in [2.45, 2.75) is 25.8 Å². The summed E-state index contributed by atoms with van der Waals surface area (Å²) in [6, 6.07) is 2.69. The van der Waals surface area contributed by atoms with E-state index in [1.54, 1.807) is 4.90 Å². The molecule has 1 aromatic rings. The van der Waals surface area contributed by atoms with E-state index in [1.165, 1.54) is 12.1 Å². The summed E-state index contributed by atoms with van der Waals surface area (Å²) in [5, 5.41) is 0. The molecule has 2 unspecified atom stereocenters. The molecule has 0 bridgehead atoms. The van der Waals surface area contributed by atoms with Gasteiger partial charge in [0.05, 0.1) is 18.4 Å². The second kappa shape index (κ2) is 6.39. The number of hydrogen-bond acceptors (Lipinski definition) is 4. The van der Waals surface area contributed by atoms with E-state index < -0.39 is 17.6 Å². The van der Waals surface area contributed by atoms with Gasteiger partial charge in [-0.05, 0) is 37.8 Å². The molecule has 0 spiro atoms.